The molecule has 1 saturated heterocycles. The Bertz CT molecular complexity index is 451. The molecule has 1 atom stereocenters. The SMILES string of the molecule is CCCc1nc(C)c(CNC(=O)CC2COCCN2)s1.Cl.Cl. The quantitative estimate of drug-likeness (QED) is 0.806. The van der Waals surface area contributed by atoms with Crippen molar-refractivity contribution < 1.29 is 9.53 Å². The van der Waals surface area contributed by atoms with E-state index in [1.165, 1.54) is 0 Å². The third-order valence-electron chi connectivity index (χ3n) is 3.28. The number of morpholine rings is 1. The highest BCUT2D eigenvalue weighted by atomic mass is 35.5. The van der Waals surface area contributed by atoms with Crippen LogP contribution < -0.4 is 10.6 Å². The first-order valence-electron chi connectivity index (χ1n) is 7.22. The topological polar surface area (TPSA) is 63.2 Å². The van der Waals surface area contributed by atoms with E-state index in [-0.39, 0.29) is 36.8 Å². The Balaban J connectivity index is 0.00000220. The van der Waals surface area contributed by atoms with Crippen LogP contribution in [0, 0.1) is 6.92 Å². The van der Waals surface area contributed by atoms with Gasteiger partial charge in [0, 0.05) is 23.9 Å². The molecule has 22 heavy (non-hydrogen) atoms. The number of aromatic nitrogens is 1. The van der Waals surface area contributed by atoms with Crippen LogP contribution in [0.4, 0.5) is 0 Å². The fourth-order valence-corrected chi connectivity index (χ4v) is 3.31. The largest absolute Gasteiger partial charge is 0.378 e. The van der Waals surface area contributed by atoms with Crippen molar-refractivity contribution in [3.05, 3.63) is 15.6 Å². The van der Waals surface area contributed by atoms with Gasteiger partial charge in [0.2, 0.25) is 5.91 Å². The van der Waals surface area contributed by atoms with Crippen LogP contribution in [0.5, 0.6) is 0 Å². The molecular formula is C14H25Cl2N3O2S. The number of halogens is 2. The average molecular weight is 370 g/mol. The lowest BCUT2D eigenvalue weighted by molar-refractivity contribution is -0.122. The van der Waals surface area contributed by atoms with E-state index in [1.807, 2.05) is 6.92 Å². The van der Waals surface area contributed by atoms with Gasteiger partial charge in [-0.05, 0) is 19.8 Å². The molecule has 8 heteroatoms. The smallest absolute Gasteiger partial charge is 0.221 e. The minimum absolute atomic E-state index is 0. The van der Waals surface area contributed by atoms with Crippen LogP contribution >= 0.6 is 36.2 Å². The summed E-state index contributed by atoms with van der Waals surface area (Å²) in [4.78, 5) is 17.6. The summed E-state index contributed by atoms with van der Waals surface area (Å²) in [7, 11) is 0. The second-order valence-electron chi connectivity index (χ2n) is 5.07. The van der Waals surface area contributed by atoms with E-state index in [0.29, 0.717) is 19.6 Å². The molecule has 2 heterocycles. The Morgan fingerprint density at radius 3 is 2.91 bits per heavy atom. The molecule has 0 radical (unpaired) electrons. The first kappa shape index (κ1) is 21.6. The summed E-state index contributed by atoms with van der Waals surface area (Å²) in [6, 6.07) is 0.141. The highest BCUT2D eigenvalue weighted by molar-refractivity contribution is 7.11. The number of hydrogen-bond acceptors (Lipinski definition) is 5. The monoisotopic (exact) mass is 369 g/mol. The average Bonchev–Trinajstić information content (AvgIpc) is 2.78. The predicted molar refractivity (Wildman–Crippen MR) is 94.4 cm³/mol. The molecule has 5 nitrogen and oxygen atoms in total. The molecule has 2 rings (SSSR count). The van der Waals surface area contributed by atoms with Gasteiger partial charge in [-0.1, -0.05) is 6.92 Å². The zero-order chi connectivity index (χ0) is 14.4. The molecule has 1 aromatic heterocycles. The maximum absolute atomic E-state index is 11.9. The van der Waals surface area contributed by atoms with E-state index in [0.717, 1.165) is 41.6 Å². The van der Waals surface area contributed by atoms with Crippen LogP contribution in [0.15, 0.2) is 0 Å². The van der Waals surface area contributed by atoms with Crippen molar-refractivity contribution in [3.8, 4) is 0 Å². The number of nitrogens with one attached hydrogen (secondary N) is 2. The van der Waals surface area contributed by atoms with Gasteiger partial charge >= 0.3 is 0 Å². The van der Waals surface area contributed by atoms with E-state index < -0.39 is 0 Å². The number of rotatable bonds is 6. The Hall–Kier alpha value is -0.400. The van der Waals surface area contributed by atoms with Gasteiger partial charge in [0.15, 0.2) is 0 Å². The summed E-state index contributed by atoms with van der Waals surface area (Å²) in [5, 5.41) is 7.43. The van der Waals surface area contributed by atoms with Crippen LogP contribution in [-0.4, -0.2) is 36.7 Å². The van der Waals surface area contributed by atoms with Gasteiger partial charge in [0.1, 0.15) is 0 Å². The molecule has 1 unspecified atom stereocenters. The van der Waals surface area contributed by atoms with Crippen molar-refractivity contribution in [3.63, 3.8) is 0 Å². The zero-order valence-electron chi connectivity index (χ0n) is 13.0. The number of hydrogen-bond donors (Lipinski definition) is 2. The summed E-state index contributed by atoms with van der Waals surface area (Å²) in [5.74, 6) is 0.0674. The molecule has 128 valence electrons. The highest BCUT2D eigenvalue weighted by Crippen LogP contribution is 2.19. The van der Waals surface area contributed by atoms with Gasteiger partial charge in [0.25, 0.3) is 0 Å². The number of carbonyl (C=O) groups is 1. The molecule has 0 spiro atoms. The van der Waals surface area contributed by atoms with E-state index >= 15 is 0 Å². The third kappa shape index (κ3) is 6.79. The number of carbonyl (C=O) groups excluding carboxylic acids is 1. The standard InChI is InChI=1S/C14H23N3O2S.2ClH/c1-3-4-14-17-10(2)12(20-14)8-16-13(18)7-11-9-19-6-5-15-11;;/h11,15H,3-9H2,1-2H3,(H,16,18);2*1H. The van der Waals surface area contributed by atoms with Gasteiger partial charge in [-0.25, -0.2) is 4.98 Å². The molecule has 0 aliphatic carbocycles. The minimum Gasteiger partial charge on any atom is -0.378 e. The van der Waals surface area contributed by atoms with Gasteiger partial charge in [-0.15, -0.1) is 36.2 Å². The number of thiazole rings is 1. The van der Waals surface area contributed by atoms with Crippen molar-refractivity contribution in [1.29, 1.82) is 0 Å². The van der Waals surface area contributed by atoms with Gasteiger partial charge in [-0.2, -0.15) is 0 Å². The van der Waals surface area contributed by atoms with Gasteiger partial charge < -0.3 is 15.4 Å². The lowest BCUT2D eigenvalue weighted by Crippen LogP contribution is -2.44. The van der Waals surface area contributed by atoms with E-state index in [1.54, 1.807) is 11.3 Å². The van der Waals surface area contributed by atoms with Crippen LogP contribution in [0.3, 0.4) is 0 Å². The molecule has 0 bridgehead atoms. The summed E-state index contributed by atoms with van der Waals surface area (Å²) in [5.41, 5.74) is 1.04. The molecule has 1 amide bonds. The number of aryl methyl sites for hydroxylation is 2. The Kier molecular flexibility index (Phi) is 11.0. The Morgan fingerprint density at radius 1 is 1.50 bits per heavy atom. The molecule has 1 aliphatic rings. The summed E-state index contributed by atoms with van der Waals surface area (Å²) in [6.45, 7) is 6.92. The Labute approximate surface area is 148 Å². The lowest BCUT2D eigenvalue weighted by atomic mass is 10.2. The molecule has 1 fully saturated rings. The maximum Gasteiger partial charge on any atom is 0.221 e. The molecular weight excluding hydrogens is 345 g/mol. The van der Waals surface area contributed by atoms with E-state index in [9.17, 15) is 4.79 Å². The van der Waals surface area contributed by atoms with Crippen LogP contribution in [-0.2, 0) is 22.5 Å². The zero-order valence-corrected chi connectivity index (χ0v) is 15.5. The van der Waals surface area contributed by atoms with Gasteiger partial charge in [0.05, 0.1) is 30.5 Å². The van der Waals surface area contributed by atoms with Crippen LogP contribution in [0.1, 0.15) is 35.3 Å². The number of nitrogens with zero attached hydrogens (tertiary/aromatic N) is 1. The normalized spacial score (nSPS) is 17.3. The fraction of sp³-hybridized carbons (Fsp3) is 0.714. The first-order valence-corrected chi connectivity index (χ1v) is 8.03. The molecule has 0 aromatic carbocycles. The van der Waals surface area contributed by atoms with Crippen LogP contribution in [0.2, 0.25) is 0 Å². The van der Waals surface area contributed by atoms with Gasteiger partial charge in [-0.3, -0.25) is 4.79 Å². The maximum atomic E-state index is 11.9. The van der Waals surface area contributed by atoms with Crippen molar-refractivity contribution in [2.45, 2.75) is 45.7 Å². The third-order valence-corrected chi connectivity index (χ3v) is 4.49. The van der Waals surface area contributed by atoms with Crippen molar-refractivity contribution >= 4 is 42.1 Å². The predicted octanol–water partition coefficient (Wildman–Crippen LogP) is 2.24. The molecule has 1 aliphatic heterocycles. The first-order chi connectivity index (χ1) is 9.69. The lowest BCUT2D eigenvalue weighted by Gasteiger charge is -2.23. The summed E-state index contributed by atoms with van der Waals surface area (Å²) >= 11 is 1.71. The fourth-order valence-electron chi connectivity index (χ4n) is 2.20. The molecule has 0 saturated carbocycles. The Morgan fingerprint density at radius 2 is 2.27 bits per heavy atom. The van der Waals surface area contributed by atoms with Crippen molar-refractivity contribution in [2.75, 3.05) is 19.8 Å². The minimum atomic E-state index is 0. The van der Waals surface area contributed by atoms with Crippen molar-refractivity contribution in [2.24, 2.45) is 0 Å². The highest BCUT2D eigenvalue weighted by Gasteiger charge is 2.17. The van der Waals surface area contributed by atoms with E-state index in [2.05, 4.69) is 22.5 Å². The van der Waals surface area contributed by atoms with E-state index in [4.69, 9.17) is 4.74 Å². The molecule has 1 aromatic rings. The van der Waals surface area contributed by atoms with Crippen molar-refractivity contribution in [1.82, 2.24) is 15.6 Å². The molecule has 2 N–H and O–H groups in total. The summed E-state index contributed by atoms with van der Waals surface area (Å²) in [6.07, 6.45) is 2.59. The second kappa shape index (κ2) is 11.2. The summed E-state index contributed by atoms with van der Waals surface area (Å²) < 4.78 is 5.34. The second-order valence-corrected chi connectivity index (χ2v) is 6.24. The number of amides is 1. The van der Waals surface area contributed by atoms with Crippen LogP contribution in [0.25, 0.3) is 0 Å². The number of ether oxygens (including phenoxy) is 1.